The van der Waals surface area contributed by atoms with Crippen LogP contribution >= 0.6 is 11.6 Å². The average Bonchev–Trinajstić information content (AvgIpc) is 3.20. The van der Waals surface area contributed by atoms with E-state index in [1.54, 1.807) is 36.4 Å². The van der Waals surface area contributed by atoms with E-state index in [9.17, 15) is 14.0 Å². The summed E-state index contributed by atoms with van der Waals surface area (Å²) in [6, 6.07) is 14.8. The Hall–Kier alpha value is -3.58. The fraction of sp³-hybridized carbons (Fsp3) is 0.0909. The Kier molecular flexibility index (Phi) is 5.54. The summed E-state index contributed by atoms with van der Waals surface area (Å²) < 4.78 is 28.9. The van der Waals surface area contributed by atoms with Gasteiger partial charge in [-0.1, -0.05) is 11.6 Å². The molecule has 1 aliphatic rings. The van der Waals surface area contributed by atoms with Crippen molar-refractivity contribution in [2.75, 3.05) is 18.7 Å². The number of carbonyl (C=O) groups is 2. The quantitative estimate of drug-likeness (QED) is 0.588. The minimum atomic E-state index is -0.415. The van der Waals surface area contributed by atoms with Crippen molar-refractivity contribution in [1.29, 1.82) is 0 Å². The smallest absolute Gasteiger partial charge is 0.262 e. The predicted molar refractivity (Wildman–Crippen MR) is 108 cm³/mol. The number of hydrogen-bond acceptors (Lipinski definition) is 5. The summed E-state index contributed by atoms with van der Waals surface area (Å²) in [4.78, 5) is 24.6. The van der Waals surface area contributed by atoms with Gasteiger partial charge in [-0.15, -0.1) is 0 Å². The van der Waals surface area contributed by atoms with Crippen LogP contribution in [0.2, 0.25) is 5.02 Å². The number of ketones is 1. The van der Waals surface area contributed by atoms with Gasteiger partial charge in [0.2, 0.25) is 6.79 Å². The first-order valence-corrected chi connectivity index (χ1v) is 9.29. The number of benzene rings is 3. The molecule has 6 nitrogen and oxygen atoms in total. The molecule has 0 fully saturated rings. The van der Waals surface area contributed by atoms with E-state index in [-0.39, 0.29) is 19.2 Å². The van der Waals surface area contributed by atoms with Crippen LogP contribution in [-0.4, -0.2) is 25.1 Å². The molecule has 152 valence electrons. The fourth-order valence-electron chi connectivity index (χ4n) is 2.82. The van der Waals surface area contributed by atoms with E-state index in [0.717, 1.165) is 0 Å². The molecule has 0 radical (unpaired) electrons. The molecule has 4 rings (SSSR count). The van der Waals surface area contributed by atoms with Crippen LogP contribution in [0.1, 0.15) is 15.9 Å². The number of rotatable bonds is 6. The Morgan fingerprint density at radius 2 is 1.57 bits per heavy atom. The van der Waals surface area contributed by atoms with Gasteiger partial charge in [-0.25, -0.2) is 4.39 Å². The van der Waals surface area contributed by atoms with Crippen LogP contribution in [0.5, 0.6) is 17.2 Å². The van der Waals surface area contributed by atoms with Gasteiger partial charge in [0, 0.05) is 23.3 Å². The summed E-state index contributed by atoms with van der Waals surface area (Å²) in [5.41, 5.74) is 1.19. The molecule has 0 aromatic heterocycles. The van der Waals surface area contributed by atoms with Crippen molar-refractivity contribution in [1.82, 2.24) is 0 Å². The van der Waals surface area contributed by atoms with Crippen LogP contribution in [0.25, 0.3) is 0 Å². The minimum absolute atomic E-state index is 0.103. The average molecular weight is 428 g/mol. The van der Waals surface area contributed by atoms with Gasteiger partial charge in [-0.05, 0) is 48.5 Å². The zero-order valence-electron chi connectivity index (χ0n) is 15.5. The van der Waals surface area contributed by atoms with Gasteiger partial charge in [0.25, 0.3) is 5.91 Å². The van der Waals surface area contributed by atoms with Crippen molar-refractivity contribution in [3.05, 3.63) is 82.6 Å². The molecule has 1 aliphatic heterocycles. The number of fused-ring (bicyclic) bond motifs is 1. The molecule has 1 heterocycles. The Bertz CT molecular complexity index is 1100. The minimum Gasteiger partial charge on any atom is -0.484 e. The van der Waals surface area contributed by atoms with E-state index in [4.69, 9.17) is 25.8 Å². The third-order valence-corrected chi connectivity index (χ3v) is 4.64. The molecule has 3 aromatic rings. The molecule has 0 saturated heterocycles. The molecule has 1 N–H and O–H groups in total. The molecular weight excluding hydrogens is 413 g/mol. The Morgan fingerprint density at radius 3 is 2.23 bits per heavy atom. The lowest BCUT2D eigenvalue weighted by Gasteiger charge is -2.10. The summed E-state index contributed by atoms with van der Waals surface area (Å²) in [5.74, 6) is 0.369. The van der Waals surface area contributed by atoms with Crippen LogP contribution < -0.4 is 19.5 Å². The van der Waals surface area contributed by atoms with Gasteiger partial charge in [0.1, 0.15) is 11.6 Å². The van der Waals surface area contributed by atoms with Gasteiger partial charge < -0.3 is 19.5 Å². The van der Waals surface area contributed by atoms with Crippen molar-refractivity contribution < 1.29 is 28.2 Å². The number of hydrogen-bond donors (Lipinski definition) is 1. The largest absolute Gasteiger partial charge is 0.484 e. The third-order valence-electron chi connectivity index (χ3n) is 4.33. The molecule has 1 amide bonds. The zero-order valence-corrected chi connectivity index (χ0v) is 16.2. The second-order valence-electron chi connectivity index (χ2n) is 6.38. The first-order valence-electron chi connectivity index (χ1n) is 8.92. The molecular formula is C22H15ClFNO5. The number of nitrogens with one attached hydrogen (secondary N) is 1. The van der Waals surface area contributed by atoms with Crippen molar-refractivity contribution >= 4 is 29.0 Å². The maximum atomic E-state index is 13.0. The molecule has 0 bridgehead atoms. The molecule has 8 heteroatoms. The normalized spacial score (nSPS) is 11.8. The maximum Gasteiger partial charge on any atom is 0.262 e. The Labute approximate surface area is 176 Å². The van der Waals surface area contributed by atoms with Crippen LogP contribution in [0.15, 0.2) is 60.7 Å². The van der Waals surface area contributed by atoms with E-state index < -0.39 is 11.7 Å². The maximum absolute atomic E-state index is 13.0. The second kappa shape index (κ2) is 8.42. The van der Waals surface area contributed by atoms with E-state index in [1.807, 2.05) is 0 Å². The summed E-state index contributed by atoms with van der Waals surface area (Å²) in [6.07, 6.45) is 0. The molecule has 0 spiro atoms. The number of halogens is 2. The highest BCUT2D eigenvalue weighted by atomic mass is 35.5. The molecule has 0 aliphatic carbocycles. The first kappa shape index (κ1) is 19.7. The van der Waals surface area contributed by atoms with E-state index in [2.05, 4.69) is 5.32 Å². The van der Waals surface area contributed by atoms with Gasteiger partial charge in [0.05, 0.1) is 10.7 Å². The monoisotopic (exact) mass is 427 g/mol. The number of amides is 1. The molecule has 3 aromatic carbocycles. The van der Waals surface area contributed by atoms with Crippen LogP contribution in [-0.2, 0) is 4.79 Å². The molecule has 0 saturated carbocycles. The van der Waals surface area contributed by atoms with Crippen LogP contribution in [0.3, 0.4) is 0 Å². The second-order valence-corrected chi connectivity index (χ2v) is 6.79. The first-order chi connectivity index (χ1) is 14.5. The van der Waals surface area contributed by atoms with Gasteiger partial charge in [-0.2, -0.15) is 0 Å². The van der Waals surface area contributed by atoms with E-state index in [1.165, 1.54) is 24.3 Å². The van der Waals surface area contributed by atoms with Crippen molar-refractivity contribution in [3.63, 3.8) is 0 Å². The standard InChI is InChI=1S/C22H15ClFNO5/c23-17-9-19-20(30-12-29-19)10-18(17)25-21(26)11-28-16-7-3-14(4-8-16)22(27)13-1-5-15(24)6-2-13/h1-10H,11-12H2,(H,25,26). The lowest BCUT2D eigenvalue weighted by atomic mass is 10.0. The van der Waals surface area contributed by atoms with Gasteiger partial charge in [0.15, 0.2) is 23.9 Å². The fourth-order valence-corrected chi connectivity index (χ4v) is 3.02. The number of ether oxygens (including phenoxy) is 3. The lowest BCUT2D eigenvalue weighted by molar-refractivity contribution is -0.118. The van der Waals surface area contributed by atoms with E-state index >= 15 is 0 Å². The molecule has 30 heavy (non-hydrogen) atoms. The summed E-state index contributed by atoms with van der Waals surface area (Å²) >= 11 is 6.13. The lowest BCUT2D eigenvalue weighted by Crippen LogP contribution is -2.20. The summed E-state index contributed by atoms with van der Waals surface area (Å²) in [7, 11) is 0. The van der Waals surface area contributed by atoms with Gasteiger partial charge in [-0.3, -0.25) is 9.59 Å². The van der Waals surface area contributed by atoms with Crippen molar-refractivity contribution in [2.45, 2.75) is 0 Å². The third kappa shape index (κ3) is 4.36. The molecule has 0 unspecified atom stereocenters. The summed E-state index contributed by atoms with van der Waals surface area (Å²) in [6.45, 7) is -0.151. The highest BCUT2D eigenvalue weighted by Crippen LogP contribution is 2.39. The van der Waals surface area contributed by atoms with Gasteiger partial charge >= 0.3 is 0 Å². The topological polar surface area (TPSA) is 73.9 Å². The Morgan fingerprint density at radius 1 is 0.967 bits per heavy atom. The van der Waals surface area contributed by atoms with Crippen LogP contribution in [0, 0.1) is 5.82 Å². The highest BCUT2D eigenvalue weighted by Gasteiger charge is 2.18. The van der Waals surface area contributed by atoms with E-state index in [0.29, 0.717) is 39.1 Å². The Balaban J connectivity index is 1.34. The predicted octanol–water partition coefficient (Wildman–Crippen LogP) is 4.46. The van der Waals surface area contributed by atoms with Crippen molar-refractivity contribution in [2.24, 2.45) is 0 Å². The summed E-state index contributed by atoms with van der Waals surface area (Å²) in [5, 5.41) is 2.97. The van der Waals surface area contributed by atoms with Crippen LogP contribution in [0.4, 0.5) is 10.1 Å². The molecule has 0 atom stereocenters. The highest BCUT2D eigenvalue weighted by molar-refractivity contribution is 6.34. The van der Waals surface area contributed by atoms with Crippen molar-refractivity contribution in [3.8, 4) is 17.2 Å². The zero-order chi connectivity index (χ0) is 21.1. The SMILES string of the molecule is O=C(COc1ccc(C(=O)c2ccc(F)cc2)cc1)Nc1cc2c(cc1Cl)OCO2. The number of anilines is 1. The number of carbonyl (C=O) groups excluding carboxylic acids is 2.